The lowest BCUT2D eigenvalue weighted by molar-refractivity contribution is -0.120. The van der Waals surface area contributed by atoms with Crippen LogP contribution < -0.4 is 5.43 Å². The van der Waals surface area contributed by atoms with Crippen molar-refractivity contribution in [2.24, 2.45) is 5.10 Å². The van der Waals surface area contributed by atoms with Crippen molar-refractivity contribution in [3.8, 4) is 0 Å². The number of nitrogens with zero attached hydrogens (tertiary/aromatic N) is 1. The van der Waals surface area contributed by atoms with Crippen molar-refractivity contribution in [1.82, 2.24) is 5.43 Å². The van der Waals surface area contributed by atoms with E-state index in [9.17, 15) is 9.59 Å². The molecule has 0 aliphatic carbocycles. The van der Waals surface area contributed by atoms with Crippen LogP contribution in [0.15, 0.2) is 71.8 Å². The molecule has 3 aromatic rings. The van der Waals surface area contributed by atoms with E-state index in [-0.39, 0.29) is 12.3 Å². The lowest BCUT2D eigenvalue weighted by Gasteiger charge is -2.05. The maximum Gasteiger partial charge on any atom is 0.337 e. The summed E-state index contributed by atoms with van der Waals surface area (Å²) in [5.41, 5.74) is 4.72. The number of esters is 1. The standard InChI is InChI=1S/C21H18N2O3/c1-26-21(25)17-11-9-15(10-12-17)14-22-23-20(24)13-18-7-4-6-16-5-2-3-8-19(16)18/h2-12,14H,13H2,1H3,(H,23,24). The summed E-state index contributed by atoms with van der Waals surface area (Å²) < 4.78 is 4.65. The second-order valence-electron chi connectivity index (χ2n) is 5.72. The Morgan fingerprint density at radius 1 is 1.00 bits per heavy atom. The number of hydrazone groups is 1. The fraction of sp³-hybridized carbons (Fsp3) is 0.0952. The minimum atomic E-state index is -0.392. The van der Waals surface area contributed by atoms with Gasteiger partial charge in [-0.2, -0.15) is 5.10 Å². The smallest absolute Gasteiger partial charge is 0.337 e. The molecular weight excluding hydrogens is 328 g/mol. The van der Waals surface area contributed by atoms with Gasteiger partial charge < -0.3 is 4.74 Å². The van der Waals surface area contributed by atoms with Gasteiger partial charge in [-0.1, -0.05) is 54.6 Å². The fourth-order valence-electron chi connectivity index (χ4n) is 2.66. The number of carbonyl (C=O) groups is 2. The van der Waals surface area contributed by atoms with E-state index in [1.165, 1.54) is 13.3 Å². The average molecular weight is 346 g/mol. The first-order valence-electron chi connectivity index (χ1n) is 8.14. The van der Waals surface area contributed by atoms with Gasteiger partial charge in [-0.25, -0.2) is 10.2 Å². The SMILES string of the molecule is COC(=O)c1ccc(C=NNC(=O)Cc2cccc3ccccc23)cc1. The highest BCUT2D eigenvalue weighted by Gasteiger charge is 2.06. The molecule has 0 spiro atoms. The minimum absolute atomic E-state index is 0.191. The zero-order valence-electron chi connectivity index (χ0n) is 14.3. The Morgan fingerprint density at radius 3 is 2.50 bits per heavy atom. The lowest BCUT2D eigenvalue weighted by Crippen LogP contribution is -2.19. The van der Waals surface area contributed by atoms with Crippen molar-refractivity contribution < 1.29 is 14.3 Å². The molecule has 1 amide bonds. The topological polar surface area (TPSA) is 67.8 Å². The highest BCUT2D eigenvalue weighted by Crippen LogP contribution is 2.18. The predicted molar refractivity (Wildman–Crippen MR) is 101 cm³/mol. The van der Waals surface area contributed by atoms with E-state index in [4.69, 9.17) is 0 Å². The number of carbonyl (C=O) groups excluding carboxylic acids is 2. The summed E-state index contributed by atoms with van der Waals surface area (Å²) in [6.45, 7) is 0. The summed E-state index contributed by atoms with van der Waals surface area (Å²) in [6, 6.07) is 20.6. The van der Waals surface area contributed by atoms with E-state index in [1.807, 2.05) is 42.5 Å². The van der Waals surface area contributed by atoms with Crippen LogP contribution in [0.3, 0.4) is 0 Å². The van der Waals surface area contributed by atoms with Crippen molar-refractivity contribution >= 4 is 28.9 Å². The molecule has 3 rings (SSSR count). The molecule has 0 saturated heterocycles. The molecule has 0 unspecified atom stereocenters. The van der Waals surface area contributed by atoms with Gasteiger partial charge >= 0.3 is 5.97 Å². The summed E-state index contributed by atoms with van der Waals surface area (Å²) in [6.07, 6.45) is 1.78. The van der Waals surface area contributed by atoms with Gasteiger partial charge in [0, 0.05) is 0 Å². The molecule has 5 nitrogen and oxygen atoms in total. The maximum absolute atomic E-state index is 12.1. The number of fused-ring (bicyclic) bond motifs is 1. The third kappa shape index (κ3) is 4.13. The third-order valence-corrected chi connectivity index (χ3v) is 3.97. The maximum atomic E-state index is 12.1. The molecule has 0 bridgehead atoms. The van der Waals surface area contributed by atoms with Crippen molar-refractivity contribution in [3.63, 3.8) is 0 Å². The van der Waals surface area contributed by atoms with Gasteiger partial charge in [-0.05, 0) is 34.0 Å². The Labute approximate surface area is 151 Å². The van der Waals surface area contributed by atoms with Gasteiger partial charge in [0.25, 0.3) is 0 Å². The number of rotatable bonds is 5. The molecule has 0 saturated carbocycles. The Bertz CT molecular complexity index is 957. The molecule has 0 atom stereocenters. The van der Waals surface area contributed by atoms with Crippen molar-refractivity contribution in [2.45, 2.75) is 6.42 Å². The Morgan fingerprint density at radius 2 is 1.73 bits per heavy atom. The van der Waals surface area contributed by atoms with E-state index in [1.54, 1.807) is 24.3 Å². The van der Waals surface area contributed by atoms with Crippen LogP contribution >= 0.6 is 0 Å². The normalized spacial score (nSPS) is 10.8. The molecule has 5 heteroatoms. The van der Waals surface area contributed by atoms with Gasteiger partial charge in [0.2, 0.25) is 5.91 Å². The van der Waals surface area contributed by atoms with Gasteiger partial charge in [0.1, 0.15) is 0 Å². The Hall–Kier alpha value is -3.47. The number of benzene rings is 3. The molecule has 1 N–H and O–H groups in total. The second kappa shape index (κ2) is 8.07. The lowest BCUT2D eigenvalue weighted by atomic mass is 10.0. The number of hydrogen-bond acceptors (Lipinski definition) is 4. The third-order valence-electron chi connectivity index (χ3n) is 3.97. The molecule has 0 heterocycles. The van der Waals surface area contributed by atoms with Crippen molar-refractivity contribution in [3.05, 3.63) is 83.4 Å². The first-order valence-corrected chi connectivity index (χ1v) is 8.14. The number of nitrogens with one attached hydrogen (secondary N) is 1. The summed E-state index contributed by atoms with van der Waals surface area (Å²) in [7, 11) is 1.34. The molecule has 0 aliphatic heterocycles. The van der Waals surface area contributed by atoms with E-state index >= 15 is 0 Å². The van der Waals surface area contributed by atoms with Crippen LogP contribution in [0.2, 0.25) is 0 Å². The zero-order valence-corrected chi connectivity index (χ0v) is 14.3. The van der Waals surface area contributed by atoms with Crippen molar-refractivity contribution in [1.29, 1.82) is 0 Å². The molecular formula is C21H18N2O3. The summed E-state index contributed by atoms with van der Waals surface area (Å²) >= 11 is 0. The van der Waals surface area contributed by atoms with Gasteiger partial charge in [-0.15, -0.1) is 0 Å². The van der Waals surface area contributed by atoms with Crippen LogP contribution in [0.5, 0.6) is 0 Å². The Kier molecular flexibility index (Phi) is 5.39. The average Bonchev–Trinajstić information content (AvgIpc) is 2.68. The van der Waals surface area contributed by atoms with Crippen LogP contribution in [0, 0.1) is 0 Å². The monoisotopic (exact) mass is 346 g/mol. The number of hydrogen-bond donors (Lipinski definition) is 1. The van der Waals surface area contributed by atoms with Crippen molar-refractivity contribution in [2.75, 3.05) is 7.11 Å². The highest BCUT2D eigenvalue weighted by molar-refractivity contribution is 5.92. The Balaban J connectivity index is 1.61. The molecule has 0 radical (unpaired) electrons. The summed E-state index contributed by atoms with van der Waals surface area (Å²) in [4.78, 5) is 23.5. The minimum Gasteiger partial charge on any atom is -0.465 e. The van der Waals surface area contributed by atoms with Gasteiger partial charge in [-0.3, -0.25) is 4.79 Å². The van der Waals surface area contributed by atoms with E-state index in [0.717, 1.165) is 21.9 Å². The molecule has 26 heavy (non-hydrogen) atoms. The summed E-state index contributed by atoms with van der Waals surface area (Å²) in [5.74, 6) is -0.583. The van der Waals surface area contributed by atoms with Crippen LogP contribution in [-0.4, -0.2) is 25.2 Å². The molecule has 3 aromatic carbocycles. The number of methoxy groups -OCH3 is 1. The van der Waals surface area contributed by atoms with Crippen LogP contribution in [0.1, 0.15) is 21.5 Å². The fourth-order valence-corrected chi connectivity index (χ4v) is 2.66. The van der Waals surface area contributed by atoms with Crippen LogP contribution in [0.4, 0.5) is 0 Å². The number of amides is 1. The van der Waals surface area contributed by atoms with Gasteiger partial charge in [0.05, 0.1) is 25.3 Å². The largest absolute Gasteiger partial charge is 0.465 e. The number of ether oxygens (including phenoxy) is 1. The highest BCUT2D eigenvalue weighted by atomic mass is 16.5. The second-order valence-corrected chi connectivity index (χ2v) is 5.72. The molecule has 0 aromatic heterocycles. The van der Waals surface area contributed by atoms with Crippen LogP contribution in [-0.2, 0) is 16.0 Å². The zero-order chi connectivity index (χ0) is 18.4. The van der Waals surface area contributed by atoms with Crippen LogP contribution in [0.25, 0.3) is 10.8 Å². The quantitative estimate of drug-likeness (QED) is 0.438. The molecule has 130 valence electrons. The molecule has 0 aliphatic rings. The molecule has 0 fully saturated rings. The van der Waals surface area contributed by atoms with E-state index < -0.39 is 5.97 Å². The van der Waals surface area contributed by atoms with E-state index in [0.29, 0.717) is 5.56 Å². The first-order chi connectivity index (χ1) is 12.7. The van der Waals surface area contributed by atoms with E-state index in [2.05, 4.69) is 15.3 Å². The first kappa shape index (κ1) is 17.4. The predicted octanol–water partition coefficient (Wildman–Crippen LogP) is 3.32. The summed E-state index contributed by atoms with van der Waals surface area (Å²) in [5, 5.41) is 6.14. The van der Waals surface area contributed by atoms with Gasteiger partial charge in [0.15, 0.2) is 0 Å².